The van der Waals surface area contributed by atoms with Crippen molar-refractivity contribution in [1.29, 1.82) is 0 Å². The molecule has 0 spiro atoms. The SMILES string of the molecule is Cc1nccn2c(N)c(-c3ccccc3)nc12. The molecule has 84 valence electrons. The number of nitrogens with zero attached hydrogens (tertiary/aromatic N) is 3. The summed E-state index contributed by atoms with van der Waals surface area (Å²) in [5.74, 6) is 0.650. The fourth-order valence-corrected chi connectivity index (χ4v) is 1.93. The molecule has 3 aromatic rings. The predicted molar refractivity (Wildman–Crippen MR) is 67.6 cm³/mol. The van der Waals surface area contributed by atoms with Crippen LogP contribution >= 0.6 is 0 Å². The smallest absolute Gasteiger partial charge is 0.160 e. The quantitative estimate of drug-likeness (QED) is 0.690. The van der Waals surface area contributed by atoms with E-state index in [2.05, 4.69) is 9.97 Å². The fraction of sp³-hybridized carbons (Fsp3) is 0.0769. The van der Waals surface area contributed by atoms with E-state index < -0.39 is 0 Å². The van der Waals surface area contributed by atoms with E-state index in [1.807, 2.05) is 47.9 Å². The van der Waals surface area contributed by atoms with Crippen LogP contribution in [0.25, 0.3) is 16.9 Å². The lowest BCUT2D eigenvalue weighted by Crippen LogP contribution is -1.95. The van der Waals surface area contributed by atoms with Crippen LogP contribution < -0.4 is 5.73 Å². The Kier molecular flexibility index (Phi) is 2.08. The minimum Gasteiger partial charge on any atom is -0.383 e. The van der Waals surface area contributed by atoms with Gasteiger partial charge in [-0.3, -0.25) is 9.38 Å². The van der Waals surface area contributed by atoms with E-state index in [4.69, 9.17) is 5.73 Å². The monoisotopic (exact) mass is 224 g/mol. The largest absolute Gasteiger partial charge is 0.383 e. The maximum atomic E-state index is 6.11. The number of aryl methyl sites for hydroxylation is 1. The van der Waals surface area contributed by atoms with Crippen LogP contribution in [-0.2, 0) is 0 Å². The molecule has 2 heterocycles. The third-order valence-electron chi connectivity index (χ3n) is 2.80. The summed E-state index contributed by atoms with van der Waals surface area (Å²) in [6.07, 6.45) is 3.56. The molecule has 1 aromatic carbocycles. The predicted octanol–water partition coefficient (Wildman–Crippen LogP) is 2.29. The number of aromatic nitrogens is 3. The van der Waals surface area contributed by atoms with Gasteiger partial charge in [0.05, 0.1) is 5.69 Å². The number of hydrogen-bond donors (Lipinski definition) is 1. The number of anilines is 1. The zero-order valence-electron chi connectivity index (χ0n) is 9.46. The van der Waals surface area contributed by atoms with Crippen molar-refractivity contribution in [3.05, 3.63) is 48.4 Å². The van der Waals surface area contributed by atoms with Gasteiger partial charge in [0.1, 0.15) is 11.5 Å². The van der Waals surface area contributed by atoms with E-state index >= 15 is 0 Å². The van der Waals surface area contributed by atoms with Crippen LogP contribution in [0.4, 0.5) is 5.82 Å². The molecule has 0 bridgehead atoms. The summed E-state index contributed by atoms with van der Waals surface area (Å²) in [5.41, 5.74) is 9.63. The van der Waals surface area contributed by atoms with Gasteiger partial charge < -0.3 is 5.73 Å². The van der Waals surface area contributed by atoms with Gasteiger partial charge in [-0.15, -0.1) is 0 Å². The first-order valence-electron chi connectivity index (χ1n) is 5.42. The van der Waals surface area contributed by atoms with Gasteiger partial charge in [0.15, 0.2) is 5.65 Å². The van der Waals surface area contributed by atoms with Crippen molar-refractivity contribution in [2.24, 2.45) is 0 Å². The van der Waals surface area contributed by atoms with Gasteiger partial charge in [0, 0.05) is 18.0 Å². The first-order chi connectivity index (χ1) is 8.27. The Balaban J connectivity index is 2.32. The van der Waals surface area contributed by atoms with E-state index in [1.54, 1.807) is 6.20 Å². The van der Waals surface area contributed by atoms with Gasteiger partial charge in [-0.2, -0.15) is 0 Å². The minimum absolute atomic E-state index is 0.650. The van der Waals surface area contributed by atoms with Crippen LogP contribution in [0.15, 0.2) is 42.7 Å². The van der Waals surface area contributed by atoms with E-state index in [0.717, 1.165) is 22.6 Å². The third kappa shape index (κ3) is 1.45. The Morgan fingerprint density at radius 2 is 1.94 bits per heavy atom. The van der Waals surface area contributed by atoms with Crippen LogP contribution in [-0.4, -0.2) is 14.4 Å². The summed E-state index contributed by atoms with van der Waals surface area (Å²) in [5, 5.41) is 0. The van der Waals surface area contributed by atoms with Crippen LogP contribution in [0.2, 0.25) is 0 Å². The normalized spacial score (nSPS) is 10.9. The summed E-state index contributed by atoms with van der Waals surface area (Å²) < 4.78 is 1.87. The molecule has 3 rings (SSSR count). The Labute approximate surface area is 98.8 Å². The highest BCUT2D eigenvalue weighted by Gasteiger charge is 2.12. The van der Waals surface area contributed by atoms with Crippen LogP contribution in [0.5, 0.6) is 0 Å². The van der Waals surface area contributed by atoms with E-state index in [1.165, 1.54) is 0 Å². The molecule has 4 nitrogen and oxygen atoms in total. The number of imidazole rings is 1. The van der Waals surface area contributed by atoms with Gasteiger partial charge in [0.2, 0.25) is 0 Å². The third-order valence-corrected chi connectivity index (χ3v) is 2.80. The lowest BCUT2D eigenvalue weighted by atomic mass is 10.1. The highest BCUT2D eigenvalue weighted by Crippen LogP contribution is 2.26. The van der Waals surface area contributed by atoms with Gasteiger partial charge in [-0.1, -0.05) is 30.3 Å². The molecule has 2 N–H and O–H groups in total. The van der Waals surface area contributed by atoms with Crippen molar-refractivity contribution in [3.8, 4) is 11.3 Å². The second-order valence-corrected chi connectivity index (χ2v) is 3.92. The lowest BCUT2D eigenvalue weighted by molar-refractivity contribution is 1.08. The van der Waals surface area contributed by atoms with E-state index in [0.29, 0.717) is 5.82 Å². The minimum atomic E-state index is 0.650. The molecule has 0 aliphatic carbocycles. The molecule has 0 atom stereocenters. The van der Waals surface area contributed by atoms with Crippen LogP contribution in [0.3, 0.4) is 0 Å². The average Bonchev–Trinajstić information content (AvgIpc) is 2.70. The summed E-state index contributed by atoms with van der Waals surface area (Å²) in [4.78, 5) is 8.77. The molecule has 17 heavy (non-hydrogen) atoms. The van der Waals surface area contributed by atoms with Crippen molar-refractivity contribution in [3.63, 3.8) is 0 Å². The number of nitrogen functional groups attached to an aromatic ring is 1. The maximum Gasteiger partial charge on any atom is 0.160 e. The summed E-state index contributed by atoms with van der Waals surface area (Å²) in [6.45, 7) is 1.93. The molecular formula is C13H12N4. The van der Waals surface area contributed by atoms with Crippen molar-refractivity contribution < 1.29 is 0 Å². The molecular weight excluding hydrogens is 212 g/mol. The number of hydrogen-bond acceptors (Lipinski definition) is 3. The highest BCUT2D eigenvalue weighted by molar-refractivity contribution is 5.75. The fourth-order valence-electron chi connectivity index (χ4n) is 1.93. The molecule has 0 aliphatic heterocycles. The molecule has 2 aromatic heterocycles. The molecule has 0 saturated carbocycles. The molecule has 0 fully saturated rings. The van der Waals surface area contributed by atoms with Crippen LogP contribution in [0.1, 0.15) is 5.69 Å². The molecule has 0 amide bonds. The summed E-state index contributed by atoms with van der Waals surface area (Å²) in [6, 6.07) is 9.93. The van der Waals surface area contributed by atoms with E-state index in [-0.39, 0.29) is 0 Å². The van der Waals surface area contributed by atoms with Crippen LogP contribution in [0, 0.1) is 6.92 Å². The van der Waals surface area contributed by atoms with Gasteiger partial charge in [-0.05, 0) is 6.92 Å². The van der Waals surface area contributed by atoms with Gasteiger partial charge in [0.25, 0.3) is 0 Å². The maximum absolute atomic E-state index is 6.11. The molecule has 0 saturated heterocycles. The zero-order valence-corrected chi connectivity index (χ0v) is 9.46. The van der Waals surface area contributed by atoms with Gasteiger partial charge >= 0.3 is 0 Å². The van der Waals surface area contributed by atoms with Crippen molar-refractivity contribution >= 4 is 11.5 Å². The Bertz CT molecular complexity index is 670. The highest BCUT2D eigenvalue weighted by atomic mass is 15.1. The van der Waals surface area contributed by atoms with E-state index in [9.17, 15) is 0 Å². The molecule has 4 heteroatoms. The number of nitrogens with two attached hydrogens (primary N) is 1. The zero-order chi connectivity index (χ0) is 11.8. The standard InChI is InChI=1S/C13H12N4/c1-9-13-16-11(10-5-3-2-4-6-10)12(14)17(13)8-7-15-9/h2-8H,14H2,1H3. The lowest BCUT2D eigenvalue weighted by Gasteiger charge is -1.98. The summed E-state index contributed by atoms with van der Waals surface area (Å²) in [7, 11) is 0. The molecule has 0 unspecified atom stereocenters. The molecule has 0 aliphatic rings. The first-order valence-corrected chi connectivity index (χ1v) is 5.42. The molecule has 0 radical (unpaired) electrons. The average molecular weight is 224 g/mol. The van der Waals surface area contributed by atoms with Gasteiger partial charge in [-0.25, -0.2) is 4.98 Å². The topological polar surface area (TPSA) is 56.2 Å². The number of fused-ring (bicyclic) bond motifs is 1. The van der Waals surface area contributed by atoms with Crippen molar-refractivity contribution in [2.75, 3.05) is 5.73 Å². The van der Waals surface area contributed by atoms with Crippen molar-refractivity contribution in [1.82, 2.24) is 14.4 Å². The second-order valence-electron chi connectivity index (χ2n) is 3.92. The summed E-state index contributed by atoms with van der Waals surface area (Å²) >= 11 is 0. The first kappa shape index (κ1) is 9.84. The number of benzene rings is 1. The Morgan fingerprint density at radius 1 is 1.18 bits per heavy atom. The Hall–Kier alpha value is -2.36. The number of rotatable bonds is 1. The van der Waals surface area contributed by atoms with Crippen molar-refractivity contribution in [2.45, 2.75) is 6.92 Å². The second kappa shape index (κ2) is 3.59. The Morgan fingerprint density at radius 3 is 2.65 bits per heavy atom.